The van der Waals surface area contributed by atoms with E-state index in [1.807, 2.05) is 18.3 Å². The van der Waals surface area contributed by atoms with Gasteiger partial charge >= 0.3 is 0 Å². The summed E-state index contributed by atoms with van der Waals surface area (Å²) in [6.45, 7) is 3.72. The van der Waals surface area contributed by atoms with E-state index in [1.54, 1.807) is 0 Å². The third kappa shape index (κ3) is 3.04. The van der Waals surface area contributed by atoms with Crippen LogP contribution in [0.4, 0.5) is 0 Å². The van der Waals surface area contributed by atoms with E-state index in [1.165, 1.54) is 16.9 Å². The number of amides is 1. The molecule has 118 valence electrons. The Balaban J connectivity index is 1.64. The van der Waals surface area contributed by atoms with Crippen molar-refractivity contribution in [3.63, 3.8) is 0 Å². The lowest BCUT2D eigenvalue weighted by molar-refractivity contribution is -0.128. The summed E-state index contributed by atoms with van der Waals surface area (Å²) in [6.07, 6.45) is 5.83. The lowest BCUT2D eigenvalue weighted by Gasteiger charge is -2.36. The second-order valence-electron chi connectivity index (χ2n) is 6.51. The molecule has 0 bridgehead atoms. The number of nitrogens with zero attached hydrogens (tertiary/aromatic N) is 2. The van der Waals surface area contributed by atoms with E-state index >= 15 is 0 Å². The van der Waals surface area contributed by atoms with Gasteiger partial charge in [0.15, 0.2) is 0 Å². The van der Waals surface area contributed by atoms with Crippen LogP contribution in [0.25, 0.3) is 0 Å². The van der Waals surface area contributed by atoms with Crippen molar-refractivity contribution in [2.45, 2.75) is 63.6 Å². The van der Waals surface area contributed by atoms with Gasteiger partial charge in [0.1, 0.15) is 5.54 Å². The summed E-state index contributed by atoms with van der Waals surface area (Å²) in [5.74, 6) is 0.00197. The molecule has 1 saturated carbocycles. The number of fused-ring (bicyclic) bond motifs is 1. The van der Waals surface area contributed by atoms with Crippen molar-refractivity contribution < 1.29 is 4.79 Å². The van der Waals surface area contributed by atoms with Crippen molar-refractivity contribution in [2.75, 3.05) is 6.54 Å². The molecule has 2 heterocycles. The van der Waals surface area contributed by atoms with Crippen LogP contribution in [-0.2, 0) is 17.8 Å². The van der Waals surface area contributed by atoms with E-state index in [9.17, 15) is 10.1 Å². The first-order valence-electron chi connectivity index (χ1n) is 8.16. The summed E-state index contributed by atoms with van der Waals surface area (Å²) >= 11 is 1.81. The van der Waals surface area contributed by atoms with E-state index in [4.69, 9.17) is 0 Å². The van der Waals surface area contributed by atoms with Crippen LogP contribution in [0.5, 0.6) is 0 Å². The Bertz CT molecular complexity index is 583. The summed E-state index contributed by atoms with van der Waals surface area (Å²) < 4.78 is 0. The van der Waals surface area contributed by atoms with Gasteiger partial charge in [0, 0.05) is 18.0 Å². The molecule has 1 aliphatic carbocycles. The van der Waals surface area contributed by atoms with Crippen LogP contribution in [0.3, 0.4) is 0 Å². The molecule has 1 N–H and O–H groups in total. The Morgan fingerprint density at radius 2 is 2.23 bits per heavy atom. The minimum absolute atomic E-state index is 0.00197. The van der Waals surface area contributed by atoms with Gasteiger partial charge in [0.2, 0.25) is 5.91 Å². The fourth-order valence-electron chi connectivity index (χ4n) is 3.53. The van der Waals surface area contributed by atoms with Crippen molar-refractivity contribution in [3.8, 4) is 6.07 Å². The van der Waals surface area contributed by atoms with E-state index < -0.39 is 5.54 Å². The quantitative estimate of drug-likeness (QED) is 0.932. The second kappa shape index (κ2) is 6.39. The van der Waals surface area contributed by atoms with Gasteiger partial charge in [-0.25, -0.2) is 0 Å². The zero-order valence-corrected chi connectivity index (χ0v) is 13.9. The summed E-state index contributed by atoms with van der Waals surface area (Å²) in [7, 11) is 0. The molecular formula is C17H23N3OS. The molecule has 0 saturated heterocycles. The van der Waals surface area contributed by atoms with Crippen LogP contribution >= 0.6 is 11.3 Å². The highest BCUT2D eigenvalue weighted by Gasteiger charge is 2.36. The van der Waals surface area contributed by atoms with E-state index in [-0.39, 0.29) is 11.9 Å². The van der Waals surface area contributed by atoms with Gasteiger partial charge in [-0.15, -0.1) is 11.3 Å². The molecule has 0 radical (unpaired) electrons. The van der Waals surface area contributed by atoms with Crippen molar-refractivity contribution in [1.29, 1.82) is 5.26 Å². The minimum atomic E-state index is -0.632. The molecule has 0 aromatic carbocycles. The van der Waals surface area contributed by atoms with Gasteiger partial charge in [-0.1, -0.05) is 19.3 Å². The van der Waals surface area contributed by atoms with Crippen molar-refractivity contribution >= 4 is 17.2 Å². The molecule has 1 atom stereocenters. The first-order valence-corrected chi connectivity index (χ1v) is 9.04. The highest BCUT2D eigenvalue weighted by atomic mass is 32.1. The highest BCUT2D eigenvalue weighted by molar-refractivity contribution is 7.10. The molecule has 1 fully saturated rings. The number of carbonyl (C=O) groups excluding carboxylic acids is 1. The predicted octanol–water partition coefficient (Wildman–Crippen LogP) is 2.84. The number of rotatable bonds is 3. The SMILES string of the molecule is C[C@H](C(=O)NC1(C#N)CCCCC1)N1CCc2sccc2C1. The molecule has 1 aromatic heterocycles. The third-order valence-electron chi connectivity index (χ3n) is 5.05. The molecule has 4 nitrogen and oxygen atoms in total. The van der Waals surface area contributed by atoms with Crippen molar-refractivity contribution in [1.82, 2.24) is 10.2 Å². The zero-order valence-electron chi connectivity index (χ0n) is 13.1. The normalized spacial score (nSPS) is 22.4. The van der Waals surface area contributed by atoms with Gasteiger partial charge in [-0.05, 0) is 43.2 Å². The molecule has 3 rings (SSSR count). The van der Waals surface area contributed by atoms with Crippen molar-refractivity contribution in [3.05, 3.63) is 21.9 Å². The van der Waals surface area contributed by atoms with Crippen LogP contribution in [0.1, 0.15) is 49.5 Å². The molecule has 0 spiro atoms. The van der Waals surface area contributed by atoms with E-state index in [0.717, 1.165) is 45.2 Å². The molecule has 5 heteroatoms. The van der Waals surface area contributed by atoms with E-state index in [0.29, 0.717) is 0 Å². The number of thiophene rings is 1. The number of carbonyl (C=O) groups is 1. The Kier molecular flexibility index (Phi) is 4.51. The summed E-state index contributed by atoms with van der Waals surface area (Å²) in [6, 6.07) is 4.35. The van der Waals surface area contributed by atoms with Gasteiger partial charge in [0.05, 0.1) is 12.1 Å². The molecule has 0 unspecified atom stereocenters. The van der Waals surface area contributed by atoms with Crippen molar-refractivity contribution in [2.24, 2.45) is 0 Å². The highest BCUT2D eigenvalue weighted by Crippen LogP contribution is 2.29. The Hall–Kier alpha value is -1.38. The van der Waals surface area contributed by atoms with Crippen LogP contribution in [0.2, 0.25) is 0 Å². The van der Waals surface area contributed by atoms with Gasteiger partial charge in [-0.3, -0.25) is 9.69 Å². The van der Waals surface area contributed by atoms with Gasteiger partial charge in [0.25, 0.3) is 0 Å². The largest absolute Gasteiger partial charge is 0.336 e. The van der Waals surface area contributed by atoms with Crippen LogP contribution in [0.15, 0.2) is 11.4 Å². The first-order chi connectivity index (χ1) is 10.6. The Labute approximate surface area is 136 Å². The Morgan fingerprint density at radius 1 is 1.45 bits per heavy atom. The summed E-state index contributed by atoms with van der Waals surface area (Å²) in [5, 5.41) is 14.7. The molecule has 22 heavy (non-hydrogen) atoms. The van der Waals surface area contributed by atoms with Crippen LogP contribution < -0.4 is 5.32 Å². The molecule has 1 aliphatic heterocycles. The molecular weight excluding hydrogens is 294 g/mol. The smallest absolute Gasteiger partial charge is 0.238 e. The lowest BCUT2D eigenvalue weighted by Crippen LogP contribution is -2.55. The summed E-state index contributed by atoms with van der Waals surface area (Å²) in [4.78, 5) is 16.3. The maximum absolute atomic E-state index is 12.6. The molecule has 1 aromatic rings. The number of hydrogen-bond acceptors (Lipinski definition) is 4. The maximum Gasteiger partial charge on any atom is 0.238 e. The fraction of sp³-hybridized carbons (Fsp3) is 0.647. The van der Waals surface area contributed by atoms with Gasteiger partial charge < -0.3 is 5.32 Å². The standard InChI is InChI=1S/C17H23N3OS/c1-13(20-9-5-15-14(11-20)6-10-22-15)16(21)19-17(12-18)7-3-2-4-8-17/h6,10,13H,2-5,7-9,11H2,1H3,(H,19,21)/t13-/m1/s1. The lowest BCUT2D eigenvalue weighted by atomic mass is 9.82. The Morgan fingerprint density at radius 3 is 2.95 bits per heavy atom. The van der Waals surface area contributed by atoms with E-state index in [2.05, 4.69) is 27.7 Å². The molecule has 1 amide bonds. The average molecular weight is 317 g/mol. The topological polar surface area (TPSA) is 56.1 Å². The minimum Gasteiger partial charge on any atom is -0.336 e. The summed E-state index contributed by atoms with van der Waals surface area (Å²) in [5.41, 5.74) is 0.718. The third-order valence-corrected chi connectivity index (χ3v) is 6.07. The average Bonchev–Trinajstić information content (AvgIpc) is 3.02. The first kappa shape index (κ1) is 15.5. The number of nitriles is 1. The number of nitrogens with one attached hydrogen (secondary N) is 1. The monoisotopic (exact) mass is 317 g/mol. The number of hydrogen-bond donors (Lipinski definition) is 1. The second-order valence-corrected chi connectivity index (χ2v) is 7.51. The maximum atomic E-state index is 12.6. The zero-order chi connectivity index (χ0) is 15.6. The van der Waals surface area contributed by atoms with Crippen LogP contribution in [-0.4, -0.2) is 28.9 Å². The predicted molar refractivity (Wildman–Crippen MR) is 87.5 cm³/mol. The van der Waals surface area contributed by atoms with Gasteiger partial charge in [-0.2, -0.15) is 5.26 Å². The fourth-order valence-corrected chi connectivity index (χ4v) is 4.42. The van der Waals surface area contributed by atoms with Crippen LogP contribution in [0, 0.1) is 11.3 Å². The molecule has 2 aliphatic rings.